The molecule has 0 radical (unpaired) electrons. The Bertz CT molecular complexity index is 2220. The highest BCUT2D eigenvalue weighted by Gasteiger charge is 2.37. The normalized spacial score (nSPS) is 17.8. The predicted octanol–water partition coefficient (Wildman–Crippen LogP) is 6.31. The number of nitrogens with one attached hydrogen (secondary N) is 1. The van der Waals surface area contributed by atoms with Crippen LogP contribution < -0.4 is 15.6 Å². The number of aliphatic carboxylic acids is 1. The van der Waals surface area contributed by atoms with Gasteiger partial charge < -0.3 is 15.2 Å². The van der Waals surface area contributed by atoms with E-state index in [0.29, 0.717) is 27.3 Å². The number of benzene rings is 3. The molecule has 2 aliphatic rings. The molecule has 0 unspecified atom stereocenters. The number of nitrogens with zero attached hydrogens (tertiary/aromatic N) is 3. The average Bonchev–Trinajstić information content (AvgIpc) is 3.07. The van der Waals surface area contributed by atoms with Gasteiger partial charge in [-0.25, -0.2) is 13.2 Å². The highest BCUT2D eigenvalue weighted by atomic mass is 19.4. The maximum atomic E-state index is 16.0. The number of pyridine rings is 1. The van der Waals surface area contributed by atoms with Crippen molar-refractivity contribution < 1.29 is 45.8 Å². The molecule has 53 heavy (non-hydrogen) atoms. The Morgan fingerprint density at radius 3 is 2.43 bits per heavy atom. The van der Waals surface area contributed by atoms with Gasteiger partial charge in [-0.3, -0.25) is 23.9 Å². The van der Waals surface area contributed by atoms with Crippen LogP contribution in [0, 0.1) is 36.8 Å². The molecule has 2 atom stereocenters. The molecule has 4 aromatic rings. The second-order valence-electron chi connectivity index (χ2n) is 13.2. The number of aromatic nitrogens is 1. The number of carbonyl (C=O) groups is 2. The number of carboxylic acids is 1. The number of nitriles is 1. The van der Waals surface area contributed by atoms with Gasteiger partial charge in [0.1, 0.15) is 36.2 Å². The Balaban J connectivity index is 1.57. The number of hydrogen-bond donors (Lipinski definition) is 2. The van der Waals surface area contributed by atoms with Crippen molar-refractivity contribution in [1.82, 2.24) is 14.8 Å². The third-order valence-corrected chi connectivity index (χ3v) is 9.42. The van der Waals surface area contributed by atoms with E-state index in [2.05, 4.69) is 5.32 Å². The fourth-order valence-electron chi connectivity index (χ4n) is 6.86. The van der Waals surface area contributed by atoms with Crippen molar-refractivity contribution in [1.29, 1.82) is 5.26 Å². The second-order valence-corrected chi connectivity index (χ2v) is 13.2. The zero-order valence-electron chi connectivity index (χ0n) is 28.4. The molecular weight excluding hydrogens is 706 g/mol. The Labute approximate surface area is 299 Å². The van der Waals surface area contributed by atoms with Crippen molar-refractivity contribution >= 4 is 11.9 Å². The van der Waals surface area contributed by atoms with E-state index in [1.54, 1.807) is 17.9 Å². The van der Waals surface area contributed by atoms with E-state index < -0.39 is 76.6 Å². The van der Waals surface area contributed by atoms with E-state index in [-0.39, 0.29) is 60.7 Å². The summed E-state index contributed by atoms with van der Waals surface area (Å²) in [7, 11) is 0. The molecule has 2 N–H and O–H groups in total. The van der Waals surface area contributed by atoms with Gasteiger partial charge in [-0.1, -0.05) is 6.07 Å². The van der Waals surface area contributed by atoms with Gasteiger partial charge in [0.2, 0.25) is 5.91 Å². The highest BCUT2D eigenvalue weighted by molar-refractivity contribution is 5.85. The van der Waals surface area contributed by atoms with Gasteiger partial charge >= 0.3 is 12.1 Å². The van der Waals surface area contributed by atoms with Crippen molar-refractivity contribution in [2.45, 2.75) is 57.7 Å². The first-order valence-corrected chi connectivity index (χ1v) is 16.5. The lowest BCUT2D eigenvalue weighted by Gasteiger charge is -2.34. The SMILES string of the molecule is Cc1cc2cc(c1F)[C@@H](CC(=O)O)NC(=O)[C@H](n1cc(CCN3CC(F)C3)c(C(F)(F)F)cc1=O)c1cc(ccc1F)COc1cc(C#N)cc(C)c1-2. The molecule has 6 rings (SSSR count). The van der Waals surface area contributed by atoms with Crippen molar-refractivity contribution in [2.24, 2.45) is 0 Å². The molecular formula is C38H32F6N4O5. The smallest absolute Gasteiger partial charge is 0.416 e. The first kappa shape index (κ1) is 37.1. The monoisotopic (exact) mass is 738 g/mol. The van der Waals surface area contributed by atoms with E-state index in [0.717, 1.165) is 12.3 Å². The van der Waals surface area contributed by atoms with Gasteiger partial charge in [-0.2, -0.15) is 18.4 Å². The average molecular weight is 739 g/mol. The lowest BCUT2D eigenvalue weighted by atomic mass is 9.91. The van der Waals surface area contributed by atoms with Crippen LogP contribution in [-0.2, 0) is 28.8 Å². The molecule has 276 valence electrons. The van der Waals surface area contributed by atoms with Gasteiger partial charge in [0.15, 0.2) is 0 Å². The van der Waals surface area contributed by atoms with Crippen LogP contribution in [0.1, 0.15) is 63.0 Å². The molecule has 3 aromatic carbocycles. The van der Waals surface area contributed by atoms with E-state index >= 15 is 8.78 Å². The first-order chi connectivity index (χ1) is 25.0. The Morgan fingerprint density at radius 1 is 1.04 bits per heavy atom. The summed E-state index contributed by atoms with van der Waals surface area (Å²) in [6, 6.07) is 8.03. The van der Waals surface area contributed by atoms with Crippen LogP contribution in [-0.4, -0.2) is 52.3 Å². The van der Waals surface area contributed by atoms with Crippen LogP contribution in [0.3, 0.4) is 0 Å². The second kappa shape index (κ2) is 14.4. The number of hydrogen-bond acceptors (Lipinski definition) is 6. The molecule has 0 spiro atoms. The summed E-state index contributed by atoms with van der Waals surface area (Å²) in [6.07, 6.45) is -6.51. The fraction of sp³-hybridized carbons (Fsp3) is 0.316. The van der Waals surface area contributed by atoms with E-state index in [4.69, 9.17) is 4.74 Å². The van der Waals surface area contributed by atoms with Gasteiger partial charge in [0.05, 0.1) is 29.7 Å². The summed E-state index contributed by atoms with van der Waals surface area (Å²) in [5.41, 5.74) is -1.90. The number of ether oxygens (including phenoxy) is 1. The van der Waals surface area contributed by atoms with Crippen LogP contribution in [0.4, 0.5) is 26.3 Å². The fourth-order valence-corrected chi connectivity index (χ4v) is 6.86. The molecule has 15 heteroatoms. The van der Waals surface area contributed by atoms with Crippen LogP contribution in [0.15, 0.2) is 59.5 Å². The number of carboxylic acid groups (broad SMARTS) is 1. The number of fused-ring (bicyclic) bond motifs is 6. The zero-order chi connectivity index (χ0) is 38.4. The molecule has 1 saturated heterocycles. The van der Waals surface area contributed by atoms with E-state index in [1.807, 2.05) is 6.07 Å². The maximum absolute atomic E-state index is 16.0. The number of rotatable bonds is 6. The van der Waals surface area contributed by atoms with E-state index in [1.165, 1.54) is 37.3 Å². The molecule has 0 saturated carbocycles. The molecule has 0 aliphatic carbocycles. The van der Waals surface area contributed by atoms with E-state index in [9.17, 15) is 42.3 Å². The van der Waals surface area contributed by atoms with Gasteiger partial charge in [0.25, 0.3) is 5.56 Å². The molecule has 9 nitrogen and oxygen atoms in total. The first-order valence-electron chi connectivity index (χ1n) is 16.5. The zero-order valence-corrected chi connectivity index (χ0v) is 28.4. The Hall–Kier alpha value is -5.62. The summed E-state index contributed by atoms with van der Waals surface area (Å²) < 4.78 is 94.7. The highest BCUT2D eigenvalue weighted by Crippen LogP contribution is 2.39. The quantitative estimate of drug-likeness (QED) is 0.222. The Kier molecular flexibility index (Phi) is 10.1. The number of amides is 1. The standard InChI is InChI=1S/C38H32F6N4O5/c1-19-7-22(14-45)10-31-34(19)24-8-20(2)35(41)27(11-24)30(13-33(50)51)46-37(52)36(26-9-21(18-53-31)3-4-29(26)40)48-15-23(5-6-47-16-25(39)17-47)28(12-32(48)49)38(42,43)44/h3-4,7-12,15,25,30,36H,5-6,13,16-18H2,1-2H3,(H,46,52)(H,50,51)/t30-,36-/m1/s1. The molecule has 1 aromatic heterocycles. The minimum atomic E-state index is -4.99. The minimum Gasteiger partial charge on any atom is -0.488 e. The third-order valence-electron chi connectivity index (χ3n) is 9.42. The van der Waals surface area contributed by atoms with Crippen molar-refractivity contribution in [2.75, 3.05) is 19.6 Å². The minimum absolute atomic E-state index is 0.0100. The van der Waals surface area contributed by atoms with Crippen LogP contribution >= 0.6 is 0 Å². The third kappa shape index (κ3) is 7.64. The lowest BCUT2D eigenvalue weighted by Crippen LogP contribution is -2.49. The van der Waals surface area contributed by atoms with Crippen LogP contribution in [0.5, 0.6) is 5.75 Å². The number of halogens is 6. The van der Waals surface area contributed by atoms with Crippen molar-refractivity contribution in [3.63, 3.8) is 0 Å². The molecule has 4 bridgehead atoms. The van der Waals surface area contributed by atoms with Crippen LogP contribution in [0.25, 0.3) is 11.1 Å². The van der Waals surface area contributed by atoms with Gasteiger partial charge in [-0.15, -0.1) is 0 Å². The summed E-state index contributed by atoms with van der Waals surface area (Å²) in [5.74, 6) is -4.40. The van der Waals surface area contributed by atoms with Gasteiger partial charge in [-0.05, 0) is 84.5 Å². The molecule has 1 amide bonds. The lowest BCUT2D eigenvalue weighted by molar-refractivity contribution is -0.139. The summed E-state index contributed by atoms with van der Waals surface area (Å²) >= 11 is 0. The summed E-state index contributed by atoms with van der Waals surface area (Å²) in [5, 5.41) is 22.0. The number of alkyl halides is 4. The molecule has 3 heterocycles. The van der Waals surface area contributed by atoms with Crippen molar-refractivity contribution in [3.8, 4) is 22.9 Å². The maximum Gasteiger partial charge on any atom is 0.416 e. The Morgan fingerprint density at radius 2 is 1.77 bits per heavy atom. The predicted molar refractivity (Wildman–Crippen MR) is 179 cm³/mol. The summed E-state index contributed by atoms with van der Waals surface area (Å²) in [6.45, 7) is 2.86. The van der Waals surface area contributed by atoms with Gasteiger partial charge in [0, 0.05) is 48.6 Å². The van der Waals surface area contributed by atoms with Crippen molar-refractivity contribution in [3.05, 3.63) is 121 Å². The summed E-state index contributed by atoms with van der Waals surface area (Å²) in [4.78, 5) is 41.6. The number of aryl methyl sites for hydroxylation is 2. The van der Waals surface area contributed by atoms with Crippen LogP contribution in [0.2, 0.25) is 0 Å². The number of carbonyl (C=O) groups excluding carboxylic acids is 1. The number of likely N-dealkylation sites (tertiary alicyclic amines) is 1. The topological polar surface area (TPSA) is 125 Å². The largest absolute Gasteiger partial charge is 0.488 e. The molecule has 1 fully saturated rings. The molecule has 2 aliphatic heterocycles.